The van der Waals surface area contributed by atoms with E-state index in [2.05, 4.69) is 52.7 Å². The molecule has 0 fully saturated rings. The van der Waals surface area contributed by atoms with Crippen molar-refractivity contribution in [1.29, 1.82) is 0 Å². The van der Waals surface area contributed by atoms with Crippen LogP contribution in [0.3, 0.4) is 0 Å². The van der Waals surface area contributed by atoms with E-state index in [-0.39, 0.29) is 5.91 Å². The maximum Gasteiger partial charge on any atom is 0.237 e. The van der Waals surface area contributed by atoms with Crippen LogP contribution in [0.15, 0.2) is 96.0 Å². The van der Waals surface area contributed by atoms with Crippen molar-refractivity contribution in [2.45, 2.75) is 11.4 Å². The molecule has 4 aromatic rings. The fraction of sp³-hybridized carbons (Fsp3) is 0.115. The number of aromatic nitrogens is 2. The second-order valence-electron chi connectivity index (χ2n) is 7.41. The topological polar surface area (TPSA) is 46.1 Å². The van der Waals surface area contributed by atoms with Crippen LogP contribution in [0, 0.1) is 0 Å². The predicted octanol–water partition coefficient (Wildman–Crippen LogP) is 5.49. The summed E-state index contributed by atoms with van der Waals surface area (Å²) in [7, 11) is 0. The van der Waals surface area contributed by atoms with E-state index in [1.165, 1.54) is 28.5 Å². The van der Waals surface area contributed by atoms with Gasteiger partial charge in [0.1, 0.15) is 5.03 Å². The van der Waals surface area contributed by atoms with Crippen LogP contribution >= 0.6 is 11.8 Å². The summed E-state index contributed by atoms with van der Waals surface area (Å²) in [6.45, 7) is 0.752. The monoisotopic (exact) mass is 423 g/mol. The van der Waals surface area contributed by atoms with Crippen molar-refractivity contribution in [2.75, 3.05) is 17.2 Å². The van der Waals surface area contributed by atoms with Gasteiger partial charge in [0.05, 0.1) is 11.4 Å². The van der Waals surface area contributed by atoms with E-state index < -0.39 is 0 Å². The molecular weight excluding hydrogens is 402 g/mol. The highest BCUT2D eigenvalue weighted by Crippen LogP contribution is 2.29. The molecule has 0 spiro atoms. The van der Waals surface area contributed by atoms with Crippen LogP contribution in [0.1, 0.15) is 5.56 Å². The standard InChI is InChI=1S/C26H21N3OS/c30-26(29-17-16-22-8-4-5-9-24(22)29)18-31-25-15-14-23(27-28-25)21-12-10-20(11-13-21)19-6-2-1-3-7-19/h1-15H,16-18H2. The highest BCUT2D eigenvalue weighted by molar-refractivity contribution is 7.99. The Bertz CT molecular complexity index is 1190. The summed E-state index contributed by atoms with van der Waals surface area (Å²) < 4.78 is 0. The molecule has 0 aliphatic carbocycles. The molecule has 5 rings (SSSR count). The summed E-state index contributed by atoms with van der Waals surface area (Å²) in [6, 6.07) is 30.6. The molecule has 152 valence electrons. The second-order valence-corrected chi connectivity index (χ2v) is 8.41. The number of carbonyl (C=O) groups excluding carboxylic acids is 1. The first kappa shape index (κ1) is 19.5. The number of para-hydroxylation sites is 1. The Morgan fingerprint density at radius 3 is 2.26 bits per heavy atom. The van der Waals surface area contributed by atoms with Gasteiger partial charge in [0.15, 0.2) is 0 Å². The fourth-order valence-corrected chi connectivity index (χ4v) is 4.52. The molecule has 0 radical (unpaired) electrons. The van der Waals surface area contributed by atoms with Gasteiger partial charge in [0.2, 0.25) is 5.91 Å². The summed E-state index contributed by atoms with van der Waals surface area (Å²) in [4.78, 5) is 14.5. The number of carbonyl (C=O) groups is 1. The number of hydrogen-bond donors (Lipinski definition) is 0. The summed E-state index contributed by atoms with van der Waals surface area (Å²) in [5.41, 5.74) is 6.48. The molecular formula is C26H21N3OS. The molecule has 0 atom stereocenters. The highest BCUT2D eigenvalue weighted by Gasteiger charge is 2.24. The van der Waals surface area contributed by atoms with Crippen molar-refractivity contribution >= 4 is 23.4 Å². The third-order valence-corrected chi connectivity index (χ3v) is 6.36. The number of anilines is 1. The molecule has 1 amide bonds. The van der Waals surface area contributed by atoms with Crippen LogP contribution in [0.2, 0.25) is 0 Å². The zero-order valence-electron chi connectivity index (χ0n) is 16.9. The molecule has 0 bridgehead atoms. The molecule has 2 heterocycles. The average molecular weight is 424 g/mol. The van der Waals surface area contributed by atoms with Gasteiger partial charge in [-0.1, -0.05) is 84.6 Å². The third-order valence-electron chi connectivity index (χ3n) is 5.46. The van der Waals surface area contributed by atoms with E-state index in [9.17, 15) is 4.79 Å². The Hall–Kier alpha value is -3.44. The Balaban J connectivity index is 1.22. The predicted molar refractivity (Wildman–Crippen MR) is 126 cm³/mol. The smallest absolute Gasteiger partial charge is 0.237 e. The molecule has 3 aromatic carbocycles. The lowest BCUT2D eigenvalue weighted by molar-refractivity contribution is -0.116. The van der Waals surface area contributed by atoms with Crippen molar-refractivity contribution in [3.8, 4) is 22.4 Å². The number of fused-ring (bicyclic) bond motifs is 1. The average Bonchev–Trinajstić information content (AvgIpc) is 3.28. The Morgan fingerprint density at radius 1 is 0.774 bits per heavy atom. The van der Waals surface area contributed by atoms with Gasteiger partial charge in [0, 0.05) is 17.8 Å². The quantitative estimate of drug-likeness (QED) is 0.398. The number of benzene rings is 3. The van der Waals surface area contributed by atoms with Gasteiger partial charge in [-0.3, -0.25) is 4.79 Å². The molecule has 0 N–H and O–H groups in total. The molecule has 31 heavy (non-hydrogen) atoms. The minimum Gasteiger partial charge on any atom is -0.311 e. The molecule has 0 unspecified atom stereocenters. The second kappa shape index (κ2) is 8.74. The number of thioether (sulfide) groups is 1. The van der Waals surface area contributed by atoms with Gasteiger partial charge >= 0.3 is 0 Å². The number of nitrogens with zero attached hydrogens (tertiary/aromatic N) is 3. The Kier molecular flexibility index (Phi) is 5.50. The molecule has 1 aliphatic rings. The molecule has 1 aliphatic heterocycles. The lowest BCUT2D eigenvalue weighted by Crippen LogP contribution is -2.30. The van der Waals surface area contributed by atoms with Crippen LogP contribution in [-0.4, -0.2) is 28.4 Å². The first-order valence-corrected chi connectivity index (χ1v) is 11.3. The largest absolute Gasteiger partial charge is 0.311 e. The van der Waals surface area contributed by atoms with Gasteiger partial charge in [-0.25, -0.2) is 0 Å². The SMILES string of the molecule is O=C(CSc1ccc(-c2ccc(-c3ccccc3)cc2)nn1)N1CCc2ccccc21. The number of amides is 1. The maximum atomic E-state index is 12.7. The lowest BCUT2D eigenvalue weighted by atomic mass is 10.0. The van der Waals surface area contributed by atoms with E-state index >= 15 is 0 Å². The maximum absolute atomic E-state index is 12.7. The van der Waals surface area contributed by atoms with E-state index in [0.29, 0.717) is 5.75 Å². The fourth-order valence-electron chi connectivity index (χ4n) is 3.83. The number of hydrogen-bond acceptors (Lipinski definition) is 4. The molecule has 4 nitrogen and oxygen atoms in total. The molecule has 0 saturated heterocycles. The van der Waals surface area contributed by atoms with Gasteiger partial charge in [-0.2, -0.15) is 0 Å². The minimum atomic E-state index is 0.109. The van der Waals surface area contributed by atoms with Crippen molar-refractivity contribution in [3.63, 3.8) is 0 Å². The van der Waals surface area contributed by atoms with Crippen molar-refractivity contribution in [3.05, 3.63) is 96.6 Å². The molecule has 1 aromatic heterocycles. The van der Waals surface area contributed by atoms with E-state index in [4.69, 9.17) is 0 Å². The van der Waals surface area contributed by atoms with Gasteiger partial charge in [0.25, 0.3) is 0 Å². The summed E-state index contributed by atoms with van der Waals surface area (Å²) >= 11 is 1.43. The molecule has 5 heteroatoms. The van der Waals surface area contributed by atoms with Crippen LogP contribution in [0.4, 0.5) is 5.69 Å². The molecule has 0 saturated carbocycles. The van der Waals surface area contributed by atoms with Gasteiger partial charge in [-0.15, -0.1) is 10.2 Å². The first-order valence-electron chi connectivity index (χ1n) is 10.3. The lowest BCUT2D eigenvalue weighted by Gasteiger charge is -2.16. The van der Waals surface area contributed by atoms with Gasteiger partial charge in [-0.05, 0) is 41.3 Å². The van der Waals surface area contributed by atoms with Crippen LogP contribution in [0.25, 0.3) is 22.4 Å². The van der Waals surface area contributed by atoms with Crippen LogP contribution in [-0.2, 0) is 11.2 Å². The van der Waals surface area contributed by atoms with Crippen molar-refractivity contribution in [2.24, 2.45) is 0 Å². The normalized spacial score (nSPS) is 12.6. The van der Waals surface area contributed by atoms with Gasteiger partial charge < -0.3 is 4.90 Å². The summed E-state index contributed by atoms with van der Waals surface area (Å²) in [5, 5.41) is 9.44. The van der Waals surface area contributed by atoms with E-state index in [1.807, 2.05) is 53.4 Å². The van der Waals surface area contributed by atoms with Crippen molar-refractivity contribution in [1.82, 2.24) is 10.2 Å². The van der Waals surface area contributed by atoms with Crippen LogP contribution in [0.5, 0.6) is 0 Å². The van der Waals surface area contributed by atoms with E-state index in [1.54, 1.807) is 0 Å². The first-order chi connectivity index (χ1) is 15.3. The zero-order valence-corrected chi connectivity index (χ0v) is 17.8. The minimum absolute atomic E-state index is 0.109. The summed E-state index contributed by atoms with van der Waals surface area (Å²) in [5.74, 6) is 0.464. The zero-order chi connectivity index (χ0) is 21.0. The third kappa shape index (κ3) is 4.23. The Labute approximate surface area is 186 Å². The summed E-state index contributed by atoms with van der Waals surface area (Å²) in [6.07, 6.45) is 0.921. The van der Waals surface area contributed by atoms with Crippen LogP contribution < -0.4 is 4.90 Å². The van der Waals surface area contributed by atoms with Crippen molar-refractivity contribution < 1.29 is 4.79 Å². The highest BCUT2D eigenvalue weighted by atomic mass is 32.2. The Morgan fingerprint density at radius 2 is 1.48 bits per heavy atom. The van der Waals surface area contributed by atoms with E-state index in [0.717, 1.165) is 34.9 Å². The number of rotatable bonds is 5.